The van der Waals surface area contributed by atoms with Crippen LogP contribution in [0.1, 0.15) is 0 Å². The Morgan fingerprint density at radius 2 is 1.93 bits per heavy atom. The number of nitriles is 1. The summed E-state index contributed by atoms with van der Waals surface area (Å²) in [6.45, 7) is 0.492. The number of aromatic amines is 1. The van der Waals surface area contributed by atoms with Gasteiger partial charge in [0.2, 0.25) is 10.0 Å². The average molecular weight is 419 g/mol. The van der Waals surface area contributed by atoms with Gasteiger partial charge in [0.25, 0.3) is 0 Å². The van der Waals surface area contributed by atoms with E-state index in [1.54, 1.807) is 41.3 Å². The first-order valence-corrected chi connectivity index (χ1v) is 10.7. The van der Waals surface area contributed by atoms with E-state index >= 15 is 0 Å². The van der Waals surface area contributed by atoms with Crippen LogP contribution in [0.2, 0.25) is 0 Å². The fourth-order valence-corrected chi connectivity index (χ4v) is 5.01. The van der Waals surface area contributed by atoms with Crippen molar-refractivity contribution in [2.24, 2.45) is 13.0 Å². The lowest BCUT2D eigenvalue weighted by atomic mass is 10.1. The van der Waals surface area contributed by atoms with Crippen molar-refractivity contribution in [3.8, 4) is 28.5 Å². The minimum atomic E-state index is -3.58. The molecule has 1 aromatic carbocycles. The van der Waals surface area contributed by atoms with E-state index in [1.165, 1.54) is 4.31 Å². The molecule has 9 nitrogen and oxygen atoms in total. The highest BCUT2D eigenvalue weighted by molar-refractivity contribution is 7.89. The van der Waals surface area contributed by atoms with E-state index in [9.17, 15) is 8.42 Å². The van der Waals surface area contributed by atoms with Gasteiger partial charge in [-0.05, 0) is 17.7 Å². The number of nitrogens with zero attached hydrogens (tertiary/aromatic N) is 6. The number of aromatic nitrogens is 5. The van der Waals surface area contributed by atoms with E-state index < -0.39 is 10.0 Å². The number of H-pyrrole nitrogens is 1. The molecule has 1 saturated heterocycles. The number of fused-ring (bicyclic) bond motifs is 1. The molecule has 4 heterocycles. The average Bonchev–Trinajstić information content (AvgIpc) is 3.33. The quantitative estimate of drug-likeness (QED) is 0.541. The molecule has 0 radical (unpaired) electrons. The fourth-order valence-electron chi connectivity index (χ4n) is 3.48. The summed E-state index contributed by atoms with van der Waals surface area (Å²) in [6.07, 6.45) is 7.11. The smallest absolute Gasteiger partial charge is 0.243 e. The Kier molecular flexibility index (Phi) is 4.16. The van der Waals surface area contributed by atoms with Gasteiger partial charge in [0, 0.05) is 43.7 Å². The molecule has 1 fully saturated rings. The zero-order valence-electron chi connectivity index (χ0n) is 16.0. The molecule has 150 valence electrons. The molecule has 10 heteroatoms. The number of benzene rings is 1. The molecule has 30 heavy (non-hydrogen) atoms. The molecule has 3 aromatic heterocycles. The Balaban J connectivity index is 1.48. The normalized spacial score (nSPS) is 15.2. The Labute approximate surface area is 172 Å². The standard InChI is InChI=1S/C20H17N7O2S/c1-26-12-15(7-24-26)18-9-23-20-19(25-18)17(8-22-20)14-2-4-16(5-3-14)30(28,29)27-10-13(6-21)11-27/h2-5,7-9,12-13H,10-11H2,1H3,(H,22,23). The fraction of sp³-hybridized carbons (Fsp3) is 0.200. The van der Waals surface area contributed by atoms with E-state index in [-0.39, 0.29) is 23.9 Å². The van der Waals surface area contributed by atoms with Crippen molar-refractivity contribution in [3.05, 3.63) is 49.1 Å². The zero-order chi connectivity index (χ0) is 20.9. The number of sulfonamides is 1. The highest BCUT2D eigenvalue weighted by atomic mass is 32.2. The maximum Gasteiger partial charge on any atom is 0.243 e. The van der Waals surface area contributed by atoms with Gasteiger partial charge >= 0.3 is 0 Å². The number of hydrogen-bond donors (Lipinski definition) is 1. The monoisotopic (exact) mass is 419 g/mol. The van der Waals surface area contributed by atoms with Crippen LogP contribution in [0.15, 0.2) is 53.9 Å². The van der Waals surface area contributed by atoms with Gasteiger partial charge < -0.3 is 4.98 Å². The molecule has 4 aromatic rings. The molecular weight excluding hydrogens is 402 g/mol. The maximum atomic E-state index is 12.7. The minimum Gasteiger partial charge on any atom is -0.344 e. The number of aryl methyl sites for hydroxylation is 1. The lowest BCUT2D eigenvalue weighted by Crippen LogP contribution is -2.49. The summed E-state index contributed by atoms with van der Waals surface area (Å²) in [7, 11) is -1.74. The molecule has 0 bridgehead atoms. The number of rotatable bonds is 4. The van der Waals surface area contributed by atoms with Crippen LogP contribution in [0.5, 0.6) is 0 Å². The van der Waals surface area contributed by atoms with E-state index in [0.29, 0.717) is 16.9 Å². The van der Waals surface area contributed by atoms with Crippen molar-refractivity contribution in [3.63, 3.8) is 0 Å². The van der Waals surface area contributed by atoms with Crippen LogP contribution in [-0.2, 0) is 17.1 Å². The maximum absolute atomic E-state index is 12.7. The first-order chi connectivity index (χ1) is 14.5. The second-order valence-corrected chi connectivity index (χ2v) is 9.17. The number of nitrogens with one attached hydrogen (secondary N) is 1. The van der Waals surface area contributed by atoms with Crippen LogP contribution in [-0.4, -0.2) is 50.5 Å². The third-order valence-electron chi connectivity index (χ3n) is 5.22. The molecule has 1 aliphatic rings. The summed E-state index contributed by atoms with van der Waals surface area (Å²) in [6, 6.07) is 8.78. The summed E-state index contributed by atoms with van der Waals surface area (Å²) >= 11 is 0. The van der Waals surface area contributed by atoms with Gasteiger partial charge in [-0.25, -0.2) is 18.4 Å². The van der Waals surface area contributed by atoms with Gasteiger partial charge in [-0.2, -0.15) is 14.7 Å². The van der Waals surface area contributed by atoms with E-state index in [2.05, 4.69) is 21.1 Å². The van der Waals surface area contributed by atoms with Gasteiger partial charge in [-0.1, -0.05) is 12.1 Å². The molecule has 1 aliphatic heterocycles. The topological polar surface area (TPSA) is 121 Å². The van der Waals surface area contributed by atoms with Crippen LogP contribution in [0.4, 0.5) is 0 Å². The Hall–Kier alpha value is -3.55. The van der Waals surface area contributed by atoms with Gasteiger partial charge in [0.05, 0.1) is 35.0 Å². The zero-order valence-corrected chi connectivity index (χ0v) is 16.8. The largest absolute Gasteiger partial charge is 0.344 e. The van der Waals surface area contributed by atoms with E-state index in [4.69, 9.17) is 10.2 Å². The minimum absolute atomic E-state index is 0.213. The van der Waals surface area contributed by atoms with Gasteiger partial charge in [0.1, 0.15) is 5.52 Å². The molecule has 1 N–H and O–H groups in total. The van der Waals surface area contributed by atoms with Gasteiger partial charge in [0.15, 0.2) is 5.65 Å². The molecule has 5 rings (SSSR count). The summed E-state index contributed by atoms with van der Waals surface area (Å²) < 4.78 is 28.4. The second-order valence-electron chi connectivity index (χ2n) is 7.23. The van der Waals surface area contributed by atoms with Crippen LogP contribution >= 0.6 is 0 Å². The van der Waals surface area contributed by atoms with Crippen molar-refractivity contribution in [1.29, 1.82) is 5.26 Å². The molecule has 0 amide bonds. The molecule has 0 aliphatic carbocycles. The van der Waals surface area contributed by atoms with Crippen molar-refractivity contribution in [2.75, 3.05) is 13.1 Å². The van der Waals surface area contributed by atoms with Crippen LogP contribution < -0.4 is 0 Å². The first kappa shape index (κ1) is 18.5. The third-order valence-corrected chi connectivity index (χ3v) is 7.06. The van der Waals surface area contributed by atoms with Crippen molar-refractivity contribution < 1.29 is 8.42 Å². The van der Waals surface area contributed by atoms with E-state index in [0.717, 1.165) is 16.7 Å². The Morgan fingerprint density at radius 1 is 1.17 bits per heavy atom. The first-order valence-electron chi connectivity index (χ1n) is 9.29. The van der Waals surface area contributed by atoms with Gasteiger partial charge in [-0.15, -0.1) is 0 Å². The molecule has 0 spiro atoms. The van der Waals surface area contributed by atoms with Crippen molar-refractivity contribution >= 4 is 21.2 Å². The summed E-state index contributed by atoms with van der Waals surface area (Å²) in [5.41, 5.74) is 4.59. The molecule has 0 unspecified atom stereocenters. The highest BCUT2D eigenvalue weighted by Crippen LogP contribution is 2.30. The molecule has 0 saturated carbocycles. The lowest BCUT2D eigenvalue weighted by molar-refractivity contribution is 0.248. The van der Waals surface area contributed by atoms with Gasteiger partial charge in [-0.3, -0.25) is 4.68 Å². The highest BCUT2D eigenvalue weighted by Gasteiger charge is 2.36. The van der Waals surface area contributed by atoms with Crippen molar-refractivity contribution in [2.45, 2.75) is 4.90 Å². The Bertz CT molecular complexity index is 1390. The predicted molar refractivity (Wildman–Crippen MR) is 109 cm³/mol. The summed E-state index contributed by atoms with van der Waals surface area (Å²) in [4.78, 5) is 12.5. The summed E-state index contributed by atoms with van der Waals surface area (Å²) in [5, 5.41) is 13.0. The lowest BCUT2D eigenvalue weighted by Gasteiger charge is -2.33. The Morgan fingerprint density at radius 3 is 2.60 bits per heavy atom. The third kappa shape index (κ3) is 2.96. The summed E-state index contributed by atoms with van der Waals surface area (Å²) in [5.74, 6) is -0.224. The second kappa shape index (κ2) is 6.76. The van der Waals surface area contributed by atoms with E-state index in [1.807, 2.05) is 19.4 Å². The SMILES string of the molecule is Cn1cc(-c2cnc3[nH]cc(-c4ccc(S(=O)(=O)N5CC(C#N)C5)cc4)c3n2)cn1. The molecular formula is C20H17N7O2S. The van der Waals surface area contributed by atoms with Crippen LogP contribution in [0.3, 0.4) is 0 Å². The predicted octanol–water partition coefficient (Wildman–Crippen LogP) is 2.17. The molecule has 0 atom stereocenters. The number of hydrogen-bond acceptors (Lipinski definition) is 6. The van der Waals surface area contributed by atoms with Crippen molar-refractivity contribution in [1.82, 2.24) is 29.0 Å². The van der Waals surface area contributed by atoms with Crippen LogP contribution in [0, 0.1) is 17.2 Å². The van der Waals surface area contributed by atoms with Crippen LogP contribution in [0.25, 0.3) is 33.5 Å².